The van der Waals surface area contributed by atoms with Crippen LogP contribution in [0.15, 0.2) is 67.1 Å². The maximum Gasteiger partial charge on any atom is 0.227 e. The first-order valence-electron chi connectivity index (χ1n) is 10.8. The molecule has 0 saturated carbocycles. The molecule has 3 aromatic heterocycles. The number of aromatic amines is 1. The van der Waals surface area contributed by atoms with Crippen LogP contribution in [0.1, 0.15) is 18.9 Å². The van der Waals surface area contributed by atoms with E-state index in [4.69, 9.17) is 21.7 Å². The van der Waals surface area contributed by atoms with E-state index in [1.807, 2.05) is 43.3 Å². The molecule has 9 nitrogen and oxygen atoms in total. The number of pyridine rings is 2. The van der Waals surface area contributed by atoms with Gasteiger partial charge in [-0.1, -0.05) is 0 Å². The molecule has 1 aromatic carbocycles. The Balaban J connectivity index is 1.40. The van der Waals surface area contributed by atoms with Crippen LogP contribution < -0.4 is 14.8 Å². The van der Waals surface area contributed by atoms with E-state index in [9.17, 15) is 4.79 Å². The number of rotatable bonds is 10. The number of carbonyl (C=O) groups is 1. The summed E-state index contributed by atoms with van der Waals surface area (Å²) in [5.74, 6) is 2.07. The third kappa shape index (κ3) is 5.84. The molecule has 0 atom stereocenters. The fraction of sp³-hybridized carbons (Fsp3) is 0.208. The number of carbonyl (C=O) groups excluding carboxylic acids is 1. The minimum absolute atomic E-state index is 0.179. The van der Waals surface area contributed by atoms with Crippen molar-refractivity contribution in [1.82, 2.24) is 24.7 Å². The lowest BCUT2D eigenvalue weighted by Crippen LogP contribution is -2.16. The molecule has 0 radical (unpaired) electrons. The van der Waals surface area contributed by atoms with Crippen LogP contribution in [0.4, 0.5) is 5.82 Å². The first kappa shape index (κ1) is 23.1. The van der Waals surface area contributed by atoms with Gasteiger partial charge in [-0.15, -0.1) is 0 Å². The van der Waals surface area contributed by atoms with Crippen LogP contribution in [0.5, 0.6) is 11.5 Å². The zero-order valence-corrected chi connectivity index (χ0v) is 19.4. The van der Waals surface area contributed by atoms with Crippen molar-refractivity contribution in [3.63, 3.8) is 0 Å². The van der Waals surface area contributed by atoms with Crippen LogP contribution in [0, 0.1) is 4.77 Å². The molecule has 4 aromatic rings. The van der Waals surface area contributed by atoms with Gasteiger partial charge < -0.3 is 14.8 Å². The van der Waals surface area contributed by atoms with E-state index in [1.165, 1.54) is 0 Å². The highest BCUT2D eigenvalue weighted by Gasteiger charge is 2.13. The van der Waals surface area contributed by atoms with Crippen LogP contribution in [-0.4, -0.2) is 37.2 Å². The second kappa shape index (κ2) is 11.2. The van der Waals surface area contributed by atoms with Crippen molar-refractivity contribution in [1.29, 1.82) is 0 Å². The maximum absolute atomic E-state index is 12.7. The molecule has 1 amide bonds. The van der Waals surface area contributed by atoms with Gasteiger partial charge in [0.15, 0.2) is 22.2 Å². The standard InChI is InChI=1S/C24H24N6O3S/c1-2-32-19-7-5-18(6-8-19)23-28-29-24(34)30(23)15-11-21(31)27-22-20(4-3-12-26-22)33-16-17-9-13-25-14-10-17/h3-10,12-14H,2,11,15-16H2,1H3,(H,29,34)(H,26,27,31). The summed E-state index contributed by atoms with van der Waals surface area (Å²) in [4.78, 5) is 21.0. The molecule has 2 N–H and O–H groups in total. The summed E-state index contributed by atoms with van der Waals surface area (Å²) < 4.78 is 13.6. The number of benzene rings is 1. The Hall–Kier alpha value is -4.05. The van der Waals surface area contributed by atoms with Crippen LogP contribution in [0.25, 0.3) is 11.4 Å². The maximum atomic E-state index is 12.7. The Morgan fingerprint density at radius 3 is 2.65 bits per heavy atom. The number of aromatic nitrogens is 5. The number of nitrogens with zero attached hydrogens (tertiary/aromatic N) is 4. The first-order chi connectivity index (χ1) is 16.6. The second-order valence-corrected chi connectivity index (χ2v) is 7.64. The molecular weight excluding hydrogens is 452 g/mol. The number of anilines is 1. The van der Waals surface area contributed by atoms with Gasteiger partial charge in [0.2, 0.25) is 5.91 Å². The number of ether oxygens (including phenoxy) is 2. The topological polar surface area (TPSA) is 107 Å². The van der Waals surface area contributed by atoms with Gasteiger partial charge in [0.1, 0.15) is 12.4 Å². The highest BCUT2D eigenvalue weighted by Crippen LogP contribution is 2.23. The fourth-order valence-electron chi connectivity index (χ4n) is 3.26. The van der Waals surface area contributed by atoms with Gasteiger partial charge in [-0.2, -0.15) is 5.10 Å². The highest BCUT2D eigenvalue weighted by atomic mass is 32.1. The molecule has 4 rings (SSSR count). The predicted octanol–water partition coefficient (Wildman–Crippen LogP) is 4.40. The van der Waals surface area contributed by atoms with Crippen molar-refractivity contribution in [2.24, 2.45) is 0 Å². The van der Waals surface area contributed by atoms with Gasteiger partial charge in [0, 0.05) is 37.1 Å². The lowest BCUT2D eigenvalue weighted by molar-refractivity contribution is -0.116. The average molecular weight is 477 g/mol. The molecule has 174 valence electrons. The summed E-state index contributed by atoms with van der Waals surface area (Å²) in [6.07, 6.45) is 5.18. The number of nitrogens with one attached hydrogen (secondary N) is 2. The summed E-state index contributed by atoms with van der Waals surface area (Å²) in [6.45, 7) is 3.22. The minimum Gasteiger partial charge on any atom is -0.494 e. The summed E-state index contributed by atoms with van der Waals surface area (Å²) >= 11 is 5.38. The van der Waals surface area contributed by atoms with Crippen LogP contribution in [-0.2, 0) is 17.9 Å². The molecule has 0 bridgehead atoms. The molecule has 10 heteroatoms. The van der Waals surface area contributed by atoms with E-state index < -0.39 is 0 Å². The van der Waals surface area contributed by atoms with Gasteiger partial charge in [-0.25, -0.2) is 4.98 Å². The summed E-state index contributed by atoms with van der Waals surface area (Å²) in [5, 5.41) is 9.96. The van der Waals surface area contributed by atoms with E-state index in [2.05, 4.69) is 25.5 Å². The van der Waals surface area contributed by atoms with E-state index in [0.717, 1.165) is 16.9 Å². The van der Waals surface area contributed by atoms with Crippen molar-refractivity contribution >= 4 is 23.9 Å². The minimum atomic E-state index is -0.215. The van der Waals surface area contributed by atoms with Crippen LogP contribution in [0.2, 0.25) is 0 Å². The average Bonchev–Trinajstić information content (AvgIpc) is 3.23. The summed E-state index contributed by atoms with van der Waals surface area (Å²) in [7, 11) is 0. The van der Waals surface area contributed by atoms with E-state index >= 15 is 0 Å². The van der Waals surface area contributed by atoms with Crippen LogP contribution >= 0.6 is 12.2 Å². The first-order valence-corrected chi connectivity index (χ1v) is 11.2. The normalized spacial score (nSPS) is 10.6. The van der Waals surface area contributed by atoms with Crippen molar-refractivity contribution in [2.45, 2.75) is 26.5 Å². The molecule has 0 fully saturated rings. The zero-order valence-electron chi connectivity index (χ0n) is 18.6. The molecule has 0 aliphatic rings. The molecule has 0 saturated heterocycles. The number of hydrogen-bond donors (Lipinski definition) is 2. The smallest absolute Gasteiger partial charge is 0.227 e. The molecular formula is C24H24N6O3S. The Kier molecular flexibility index (Phi) is 7.61. The van der Waals surface area contributed by atoms with Gasteiger partial charge in [0.05, 0.1) is 6.61 Å². The zero-order chi connectivity index (χ0) is 23.8. The number of hydrogen-bond acceptors (Lipinski definition) is 7. The molecule has 0 aliphatic carbocycles. The summed E-state index contributed by atoms with van der Waals surface area (Å²) in [6, 6.07) is 14.8. The SMILES string of the molecule is CCOc1ccc(-c2n[nH]c(=S)n2CCC(=O)Nc2ncccc2OCc2ccncc2)cc1. The largest absolute Gasteiger partial charge is 0.494 e. The summed E-state index contributed by atoms with van der Waals surface area (Å²) in [5.41, 5.74) is 1.83. The fourth-order valence-corrected chi connectivity index (χ4v) is 3.48. The Labute approximate surface area is 201 Å². The predicted molar refractivity (Wildman–Crippen MR) is 130 cm³/mol. The highest BCUT2D eigenvalue weighted by molar-refractivity contribution is 7.71. The Morgan fingerprint density at radius 1 is 1.09 bits per heavy atom. The third-order valence-corrected chi connectivity index (χ3v) is 5.23. The second-order valence-electron chi connectivity index (χ2n) is 7.25. The van der Waals surface area contributed by atoms with Crippen molar-refractivity contribution in [3.8, 4) is 22.9 Å². The lowest BCUT2D eigenvalue weighted by Gasteiger charge is -2.12. The monoisotopic (exact) mass is 476 g/mol. The molecule has 3 heterocycles. The van der Waals surface area contributed by atoms with Gasteiger partial charge in [-0.05, 0) is 73.2 Å². The Morgan fingerprint density at radius 2 is 1.88 bits per heavy atom. The van der Waals surface area contributed by atoms with Crippen molar-refractivity contribution in [3.05, 3.63) is 77.5 Å². The molecule has 0 unspecified atom stereocenters. The number of H-pyrrole nitrogens is 1. The van der Waals surface area contributed by atoms with E-state index in [1.54, 1.807) is 35.3 Å². The molecule has 34 heavy (non-hydrogen) atoms. The molecule has 0 aliphatic heterocycles. The van der Waals surface area contributed by atoms with Gasteiger partial charge in [0.25, 0.3) is 0 Å². The molecule has 0 spiro atoms. The van der Waals surface area contributed by atoms with Gasteiger partial charge >= 0.3 is 0 Å². The van der Waals surface area contributed by atoms with Gasteiger partial charge in [-0.3, -0.25) is 19.4 Å². The lowest BCUT2D eigenvalue weighted by atomic mass is 10.2. The quantitative estimate of drug-likeness (QED) is 0.327. The third-order valence-electron chi connectivity index (χ3n) is 4.92. The number of amides is 1. The van der Waals surface area contributed by atoms with E-state index in [0.29, 0.717) is 41.9 Å². The van der Waals surface area contributed by atoms with Crippen molar-refractivity contribution in [2.75, 3.05) is 11.9 Å². The van der Waals surface area contributed by atoms with Crippen molar-refractivity contribution < 1.29 is 14.3 Å². The van der Waals surface area contributed by atoms with Crippen LogP contribution in [0.3, 0.4) is 0 Å². The van der Waals surface area contributed by atoms with E-state index in [-0.39, 0.29) is 12.3 Å². The Bertz CT molecular complexity index is 1290.